The number of carboxylic acids is 2. The SMILES string of the molecule is CC1(C)S[C@H]2[C@H](C(=O)[C@H]2N=C([O-])CCC[C@@H](N)C(=O)O)[C@H]1C(=O)O. The smallest absolute Gasteiger partial charge is 0.320 e. The summed E-state index contributed by atoms with van der Waals surface area (Å²) >= 11 is 1.40. The molecule has 1 aliphatic heterocycles. The number of fused-ring (bicyclic) bond motifs is 1. The van der Waals surface area contributed by atoms with Gasteiger partial charge in [-0.3, -0.25) is 19.4 Å². The molecule has 2 aliphatic rings. The van der Waals surface area contributed by atoms with Crippen LogP contribution < -0.4 is 10.8 Å². The van der Waals surface area contributed by atoms with Crippen molar-refractivity contribution in [2.24, 2.45) is 22.6 Å². The van der Waals surface area contributed by atoms with E-state index in [0.717, 1.165) is 0 Å². The van der Waals surface area contributed by atoms with E-state index in [0.29, 0.717) is 0 Å². The average Bonchev–Trinajstić information content (AvgIpc) is 2.73. The van der Waals surface area contributed by atoms with Crippen molar-refractivity contribution < 1.29 is 29.7 Å². The Morgan fingerprint density at radius 2 is 2.04 bits per heavy atom. The molecular formula is C15H21N2O6S-. The van der Waals surface area contributed by atoms with Crippen LogP contribution in [0.4, 0.5) is 0 Å². The molecule has 0 spiro atoms. The molecule has 2 rings (SSSR count). The van der Waals surface area contributed by atoms with Gasteiger partial charge in [0.2, 0.25) is 0 Å². The number of carboxylic acid groups (broad SMARTS) is 2. The van der Waals surface area contributed by atoms with Crippen molar-refractivity contribution in [3.63, 3.8) is 0 Å². The molecule has 1 saturated carbocycles. The van der Waals surface area contributed by atoms with Crippen LogP contribution in [0.1, 0.15) is 33.1 Å². The first-order chi connectivity index (χ1) is 11.1. The Bertz CT molecular complexity index is 591. The molecule has 0 amide bonds. The molecule has 5 atom stereocenters. The number of hydrogen-bond acceptors (Lipinski definition) is 7. The molecule has 8 nitrogen and oxygen atoms in total. The molecule has 0 aromatic heterocycles. The minimum atomic E-state index is -1.12. The standard InChI is InChI=1S/C15H22N2O6S/c1-15(2)9(14(22)23)8-11(19)10(12(8)24-15)17-7(18)5-3-4-6(16)13(20)21/h6,8-10,12H,3-5,16H2,1-2H3,(H,17,18)(H,20,21)(H,22,23)/p-1/t6-,8+,9+,10-,12+/m1/s1. The highest BCUT2D eigenvalue weighted by Crippen LogP contribution is 2.58. The Morgan fingerprint density at radius 3 is 2.58 bits per heavy atom. The maximum absolute atomic E-state index is 12.2. The zero-order valence-electron chi connectivity index (χ0n) is 13.5. The molecule has 2 fully saturated rings. The third-order valence-corrected chi connectivity index (χ3v) is 6.29. The summed E-state index contributed by atoms with van der Waals surface area (Å²) in [6, 6.07) is -1.81. The number of aliphatic imine (C=N–C) groups is 1. The number of aliphatic carboxylic acids is 2. The van der Waals surface area contributed by atoms with Gasteiger partial charge in [-0.25, -0.2) is 0 Å². The number of carbonyl (C=O) groups is 3. The molecule has 4 N–H and O–H groups in total. The van der Waals surface area contributed by atoms with Crippen LogP contribution in [0.5, 0.6) is 0 Å². The lowest BCUT2D eigenvalue weighted by atomic mass is 9.68. The van der Waals surface area contributed by atoms with E-state index in [9.17, 15) is 24.6 Å². The summed E-state index contributed by atoms with van der Waals surface area (Å²) in [5.74, 6) is -4.25. The second-order valence-corrected chi connectivity index (χ2v) is 8.57. The highest BCUT2D eigenvalue weighted by atomic mass is 32.2. The Morgan fingerprint density at radius 1 is 1.42 bits per heavy atom. The van der Waals surface area contributed by atoms with Crippen molar-refractivity contribution in [3.8, 4) is 0 Å². The number of thioether (sulfide) groups is 1. The van der Waals surface area contributed by atoms with Crippen LogP contribution in [-0.2, 0) is 14.4 Å². The van der Waals surface area contributed by atoms with Gasteiger partial charge in [0.15, 0.2) is 5.78 Å². The predicted octanol–water partition coefficient (Wildman–Crippen LogP) is -0.510. The van der Waals surface area contributed by atoms with Gasteiger partial charge in [-0.05, 0) is 39.0 Å². The molecule has 0 bridgehead atoms. The van der Waals surface area contributed by atoms with Crippen LogP contribution in [-0.4, -0.2) is 55.9 Å². The fourth-order valence-electron chi connectivity index (χ4n) is 3.35. The van der Waals surface area contributed by atoms with Crippen molar-refractivity contribution >= 4 is 35.4 Å². The van der Waals surface area contributed by atoms with Crippen molar-refractivity contribution in [2.75, 3.05) is 0 Å². The summed E-state index contributed by atoms with van der Waals surface area (Å²) in [7, 11) is 0. The molecule has 0 unspecified atom stereocenters. The highest BCUT2D eigenvalue weighted by Gasteiger charge is 2.65. The number of hydrogen-bond donors (Lipinski definition) is 3. The van der Waals surface area contributed by atoms with Gasteiger partial charge < -0.3 is 21.1 Å². The second kappa shape index (κ2) is 6.72. The molecular weight excluding hydrogens is 336 g/mol. The first-order valence-corrected chi connectivity index (χ1v) is 8.60. The maximum atomic E-state index is 12.2. The second-order valence-electron chi connectivity index (χ2n) is 6.73. The third-order valence-electron chi connectivity index (χ3n) is 4.61. The molecule has 9 heteroatoms. The molecule has 0 aromatic rings. The predicted molar refractivity (Wildman–Crippen MR) is 85.8 cm³/mol. The topological polar surface area (TPSA) is 153 Å². The highest BCUT2D eigenvalue weighted by molar-refractivity contribution is 8.01. The Hall–Kier alpha value is -1.61. The molecule has 24 heavy (non-hydrogen) atoms. The monoisotopic (exact) mass is 357 g/mol. The van der Waals surface area contributed by atoms with Crippen LogP contribution in [0.25, 0.3) is 0 Å². The van der Waals surface area contributed by atoms with E-state index in [1.165, 1.54) is 11.8 Å². The lowest BCUT2D eigenvalue weighted by molar-refractivity contribution is -0.219. The number of ketones is 1. The van der Waals surface area contributed by atoms with Gasteiger partial charge in [0, 0.05) is 15.9 Å². The molecule has 0 aromatic carbocycles. The van der Waals surface area contributed by atoms with Crippen LogP contribution >= 0.6 is 11.8 Å². The van der Waals surface area contributed by atoms with E-state index in [-0.39, 0.29) is 30.3 Å². The minimum absolute atomic E-state index is 0.0264. The molecule has 1 heterocycles. The summed E-state index contributed by atoms with van der Waals surface area (Å²) in [6.07, 6.45) is 0.462. The van der Waals surface area contributed by atoms with Gasteiger partial charge >= 0.3 is 11.9 Å². The number of Topliss-reactive ketones (excluding diaryl/α,β-unsaturated/α-hetero) is 1. The van der Waals surface area contributed by atoms with Crippen molar-refractivity contribution in [2.45, 2.75) is 55.2 Å². The Labute approximate surface area is 143 Å². The van der Waals surface area contributed by atoms with Gasteiger partial charge in [-0.2, -0.15) is 0 Å². The first-order valence-electron chi connectivity index (χ1n) is 7.72. The Kier molecular flexibility index (Phi) is 5.24. The summed E-state index contributed by atoms with van der Waals surface area (Å²) < 4.78 is -0.585. The first kappa shape index (κ1) is 18.7. The van der Waals surface area contributed by atoms with E-state index in [4.69, 9.17) is 10.8 Å². The molecule has 1 saturated heterocycles. The summed E-state index contributed by atoms with van der Waals surface area (Å²) in [4.78, 5) is 38.2. The van der Waals surface area contributed by atoms with Gasteiger partial charge in [0.05, 0.1) is 5.92 Å². The van der Waals surface area contributed by atoms with Crippen LogP contribution in [0.3, 0.4) is 0 Å². The van der Waals surface area contributed by atoms with Gasteiger partial charge in [0.25, 0.3) is 0 Å². The Balaban J connectivity index is 1.96. The van der Waals surface area contributed by atoms with Crippen molar-refractivity contribution in [1.82, 2.24) is 0 Å². The van der Waals surface area contributed by atoms with Crippen LogP contribution in [0, 0.1) is 11.8 Å². The lowest BCUT2D eigenvalue weighted by Crippen LogP contribution is -2.55. The number of rotatable bonds is 7. The van der Waals surface area contributed by atoms with Crippen LogP contribution in [0.2, 0.25) is 0 Å². The molecule has 1 aliphatic carbocycles. The molecule has 0 radical (unpaired) electrons. The fourth-order valence-corrected chi connectivity index (χ4v) is 5.21. The van der Waals surface area contributed by atoms with Gasteiger partial charge in [-0.15, -0.1) is 11.8 Å². The van der Waals surface area contributed by atoms with Crippen molar-refractivity contribution in [1.29, 1.82) is 0 Å². The number of carbonyl (C=O) groups excluding carboxylic acids is 1. The summed E-state index contributed by atoms with van der Waals surface area (Å²) in [6.45, 7) is 3.57. The van der Waals surface area contributed by atoms with Crippen LogP contribution in [0.15, 0.2) is 4.99 Å². The third kappa shape index (κ3) is 3.41. The van der Waals surface area contributed by atoms with Gasteiger partial charge in [-0.1, -0.05) is 0 Å². The van der Waals surface area contributed by atoms with E-state index < -0.39 is 46.5 Å². The normalized spacial score (nSPS) is 32.8. The number of nitrogens with zero attached hydrogens (tertiary/aromatic N) is 1. The van der Waals surface area contributed by atoms with E-state index in [1.807, 2.05) is 0 Å². The van der Waals surface area contributed by atoms with E-state index in [2.05, 4.69) is 4.99 Å². The summed E-state index contributed by atoms with van der Waals surface area (Å²) in [5.41, 5.74) is 5.35. The fraction of sp³-hybridized carbons (Fsp3) is 0.733. The van der Waals surface area contributed by atoms with E-state index >= 15 is 0 Å². The summed E-state index contributed by atoms with van der Waals surface area (Å²) in [5, 5.41) is 29.6. The average molecular weight is 357 g/mol. The largest absolute Gasteiger partial charge is 0.862 e. The minimum Gasteiger partial charge on any atom is -0.862 e. The van der Waals surface area contributed by atoms with E-state index in [1.54, 1.807) is 13.8 Å². The van der Waals surface area contributed by atoms with Gasteiger partial charge in [0.1, 0.15) is 12.1 Å². The molecule has 134 valence electrons. The lowest BCUT2D eigenvalue weighted by Gasteiger charge is -2.37. The van der Waals surface area contributed by atoms with Crippen molar-refractivity contribution in [3.05, 3.63) is 0 Å². The maximum Gasteiger partial charge on any atom is 0.320 e. The zero-order chi connectivity index (χ0) is 18.2. The quantitative estimate of drug-likeness (QED) is 0.407. The zero-order valence-corrected chi connectivity index (χ0v) is 14.3. The number of nitrogens with two attached hydrogens (primary N) is 1.